The Kier molecular flexibility index (Phi) is 5.30. The first-order chi connectivity index (χ1) is 13.0. The van der Waals surface area contributed by atoms with Gasteiger partial charge in [0.2, 0.25) is 11.3 Å². The van der Waals surface area contributed by atoms with Crippen LogP contribution in [0.4, 0.5) is 0 Å². The number of fused-ring (bicyclic) bond motifs is 1. The number of carbonyl (C=O) groups is 2. The third kappa shape index (κ3) is 4.20. The van der Waals surface area contributed by atoms with Crippen LogP contribution in [0.15, 0.2) is 53.5 Å². The van der Waals surface area contributed by atoms with E-state index in [1.54, 1.807) is 31.3 Å². The van der Waals surface area contributed by atoms with Crippen LogP contribution >= 0.6 is 0 Å². The number of aromatic nitrogens is 2. The predicted molar refractivity (Wildman–Crippen MR) is 102 cm³/mol. The van der Waals surface area contributed by atoms with Gasteiger partial charge < -0.3 is 15.2 Å². The number of benzene rings is 1. The number of para-hydroxylation sites is 1. The fraction of sp³-hybridized carbons (Fsp3) is 0.200. The lowest BCUT2D eigenvalue weighted by Gasteiger charge is -2.17. The normalized spacial score (nSPS) is 10.6. The van der Waals surface area contributed by atoms with Crippen LogP contribution in [0.5, 0.6) is 0 Å². The van der Waals surface area contributed by atoms with Gasteiger partial charge in [-0.25, -0.2) is 0 Å². The van der Waals surface area contributed by atoms with Crippen molar-refractivity contribution in [3.05, 3.63) is 75.8 Å². The van der Waals surface area contributed by atoms with Crippen LogP contribution in [-0.2, 0) is 11.3 Å². The van der Waals surface area contributed by atoms with Gasteiger partial charge in [0.15, 0.2) is 0 Å². The molecule has 0 aliphatic carbocycles. The van der Waals surface area contributed by atoms with Gasteiger partial charge in [0, 0.05) is 29.8 Å². The van der Waals surface area contributed by atoms with E-state index >= 15 is 0 Å². The Morgan fingerprint density at radius 3 is 2.70 bits per heavy atom. The third-order valence-electron chi connectivity index (χ3n) is 4.20. The number of amides is 2. The average Bonchev–Trinajstić information content (AvgIpc) is 2.66. The van der Waals surface area contributed by atoms with Crippen LogP contribution in [0.2, 0.25) is 0 Å². The molecule has 2 amide bonds. The summed E-state index contributed by atoms with van der Waals surface area (Å²) in [5.74, 6) is -0.860. The number of carbonyl (C=O) groups excluding carboxylic acids is 2. The van der Waals surface area contributed by atoms with E-state index in [1.807, 2.05) is 25.1 Å². The molecule has 0 saturated carbocycles. The van der Waals surface area contributed by atoms with Crippen LogP contribution < -0.4 is 10.7 Å². The summed E-state index contributed by atoms with van der Waals surface area (Å²) in [7, 11) is 1.64. The molecule has 0 radical (unpaired) electrons. The summed E-state index contributed by atoms with van der Waals surface area (Å²) in [5.41, 5.74) is 1.90. The summed E-state index contributed by atoms with van der Waals surface area (Å²) in [6.45, 7) is 2.02. The van der Waals surface area contributed by atoms with Crippen LogP contribution in [0.1, 0.15) is 21.7 Å². The number of rotatable bonds is 5. The van der Waals surface area contributed by atoms with Crippen molar-refractivity contribution in [1.82, 2.24) is 20.2 Å². The van der Waals surface area contributed by atoms with Crippen molar-refractivity contribution in [1.29, 1.82) is 0 Å². The van der Waals surface area contributed by atoms with Gasteiger partial charge in [0.1, 0.15) is 5.56 Å². The fourth-order valence-electron chi connectivity index (χ4n) is 2.74. The Bertz CT molecular complexity index is 1060. The summed E-state index contributed by atoms with van der Waals surface area (Å²) in [6, 6.07) is 12.5. The van der Waals surface area contributed by atoms with Crippen LogP contribution in [0, 0.1) is 6.92 Å². The highest BCUT2D eigenvalue weighted by atomic mass is 16.2. The summed E-state index contributed by atoms with van der Waals surface area (Å²) in [6.07, 6.45) is 1.37. The molecule has 7 nitrogen and oxygen atoms in total. The largest absolute Gasteiger partial charge is 0.360 e. The van der Waals surface area contributed by atoms with Gasteiger partial charge in [-0.1, -0.05) is 18.2 Å². The molecule has 0 aliphatic heterocycles. The van der Waals surface area contributed by atoms with E-state index in [4.69, 9.17) is 0 Å². The Balaban J connectivity index is 1.64. The van der Waals surface area contributed by atoms with Gasteiger partial charge in [-0.15, -0.1) is 0 Å². The van der Waals surface area contributed by atoms with Crippen LogP contribution in [0.3, 0.4) is 0 Å². The first-order valence-corrected chi connectivity index (χ1v) is 8.51. The molecule has 0 unspecified atom stereocenters. The van der Waals surface area contributed by atoms with Crippen LogP contribution in [0.25, 0.3) is 10.9 Å². The Hall–Kier alpha value is -3.48. The van der Waals surface area contributed by atoms with Gasteiger partial charge >= 0.3 is 0 Å². The fourth-order valence-corrected chi connectivity index (χ4v) is 2.74. The molecule has 3 aromatic rings. The maximum Gasteiger partial charge on any atom is 0.257 e. The highest BCUT2D eigenvalue weighted by Crippen LogP contribution is 2.07. The number of aryl methyl sites for hydroxylation is 1. The van der Waals surface area contributed by atoms with E-state index in [0.717, 1.165) is 11.4 Å². The van der Waals surface area contributed by atoms with E-state index in [-0.39, 0.29) is 23.4 Å². The van der Waals surface area contributed by atoms with E-state index in [2.05, 4.69) is 15.3 Å². The average molecular weight is 364 g/mol. The summed E-state index contributed by atoms with van der Waals surface area (Å²) >= 11 is 0. The summed E-state index contributed by atoms with van der Waals surface area (Å²) in [4.78, 5) is 45.8. The smallest absolute Gasteiger partial charge is 0.257 e. The number of nitrogens with zero attached hydrogens (tertiary/aromatic N) is 2. The number of hydrogen-bond donors (Lipinski definition) is 2. The summed E-state index contributed by atoms with van der Waals surface area (Å²) in [5, 5.41) is 2.94. The van der Waals surface area contributed by atoms with Gasteiger partial charge in [0.05, 0.1) is 18.8 Å². The van der Waals surface area contributed by atoms with Crippen molar-refractivity contribution in [2.24, 2.45) is 0 Å². The SMILES string of the molecule is Cc1cccc(CN(C)C(=O)CNC(=O)c2c[nH]c3ccccc3c2=O)n1. The number of H-pyrrole nitrogens is 1. The van der Waals surface area contributed by atoms with Gasteiger partial charge in [-0.05, 0) is 31.2 Å². The molecule has 2 aromatic heterocycles. The molecule has 2 heterocycles. The number of pyridine rings is 2. The van der Waals surface area contributed by atoms with Gasteiger partial charge in [0.25, 0.3) is 5.91 Å². The Morgan fingerprint density at radius 1 is 1.15 bits per heavy atom. The van der Waals surface area contributed by atoms with Crippen molar-refractivity contribution < 1.29 is 9.59 Å². The number of nitrogens with one attached hydrogen (secondary N) is 2. The van der Waals surface area contributed by atoms with E-state index in [9.17, 15) is 14.4 Å². The van der Waals surface area contributed by atoms with Crippen molar-refractivity contribution in [3.8, 4) is 0 Å². The molecule has 0 atom stereocenters. The van der Waals surface area contributed by atoms with Crippen molar-refractivity contribution in [2.45, 2.75) is 13.5 Å². The molecule has 0 aliphatic rings. The zero-order chi connectivity index (χ0) is 19.4. The first-order valence-electron chi connectivity index (χ1n) is 8.51. The molecule has 0 bridgehead atoms. The molecule has 7 heteroatoms. The molecular formula is C20H20N4O3. The minimum absolute atomic E-state index is 0.0236. The second kappa shape index (κ2) is 7.82. The van der Waals surface area contributed by atoms with Gasteiger partial charge in [-0.2, -0.15) is 0 Å². The predicted octanol–water partition coefficient (Wildman–Crippen LogP) is 1.62. The monoisotopic (exact) mass is 364 g/mol. The number of aromatic amines is 1. The topological polar surface area (TPSA) is 95.2 Å². The lowest BCUT2D eigenvalue weighted by molar-refractivity contribution is -0.129. The van der Waals surface area contributed by atoms with E-state index < -0.39 is 5.91 Å². The van der Waals surface area contributed by atoms with Crippen molar-refractivity contribution in [2.75, 3.05) is 13.6 Å². The zero-order valence-electron chi connectivity index (χ0n) is 15.2. The second-order valence-corrected chi connectivity index (χ2v) is 6.28. The molecule has 0 fully saturated rings. The summed E-state index contributed by atoms with van der Waals surface area (Å²) < 4.78 is 0. The lowest BCUT2D eigenvalue weighted by atomic mass is 10.1. The molecule has 3 rings (SSSR count). The number of likely N-dealkylation sites (N-methyl/N-ethyl adjacent to an activating group) is 1. The molecular weight excluding hydrogens is 344 g/mol. The molecule has 2 N–H and O–H groups in total. The second-order valence-electron chi connectivity index (χ2n) is 6.28. The zero-order valence-corrected chi connectivity index (χ0v) is 15.2. The minimum Gasteiger partial charge on any atom is -0.360 e. The highest BCUT2D eigenvalue weighted by Gasteiger charge is 2.16. The third-order valence-corrected chi connectivity index (χ3v) is 4.20. The Labute approximate surface area is 156 Å². The van der Waals surface area contributed by atoms with Crippen molar-refractivity contribution >= 4 is 22.7 Å². The van der Waals surface area contributed by atoms with E-state index in [0.29, 0.717) is 17.4 Å². The first kappa shape index (κ1) is 18.3. The number of hydrogen-bond acceptors (Lipinski definition) is 4. The maximum atomic E-state index is 12.4. The maximum absolute atomic E-state index is 12.4. The van der Waals surface area contributed by atoms with Crippen molar-refractivity contribution in [3.63, 3.8) is 0 Å². The highest BCUT2D eigenvalue weighted by molar-refractivity contribution is 5.98. The molecule has 27 heavy (non-hydrogen) atoms. The standard InChI is InChI=1S/C20H20N4O3/c1-13-6-5-7-14(23-13)12-24(2)18(25)11-22-20(27)16-10-21-17-9-4-3-8-15(17)19(16)26/h3-10H,11-12H2,1-2H3,(H,21,26)(H,22,27). The minimum atomic E-state index is -0.586. The molecule has 0 saturated heterocycles. The Morgan fingerprint density at radius 2 is 1.93 bits per heavy atom. The molecule has 0 spiro atoms. The molecule has 138 valence electrons. The lowest BCUT2D eigenvalue weighted by Crippen LogP contribution is -2.39. The van der Waals surface area contributed by atoms with E-state index in [1.165, 1.54) is 11.1 Å². The van der Waals surface area contributed by atoms with Crippen LogP contribution in [-0.4, -0.2) is 40.3 Å². The quantitative estimate of drug-likeness (QED) is 0.719. The van der Waals surface area contributed by atoms with Gasteiger partial charge in [-0.3, -0.25) is 19.4 Å². The molecule has 1 aromatic carbocycles.